The monoisotopic (exact) mass is 264 g/mol. The normalized spacial score (nSPS) is 15.8. The van der Waals surface area contributed by atoms with Crippen molar-refractivity contribution in [1.29, 1.82) is 0 Å². The van der Waals surface area contributed by atoms with Crippen molar-refractivity contribution >= 4 is 5.82 Å². The van der Waals surface area contributed by atoms with Crippen molar-refractivity contribution in [3.05, 3.63) is 22.7 Å². The molecule has 0 bridgehead atoms. The van der Waals surface area contributed by atoms with E-state index in [9.17, 15) is 4.79 Å². The number of aryl methyl sites for hydroxylation is 1. The number of nitrogens with one attached hydrogen (secondary N) is 1. The molecule has 19 heavy (non-hydrogen) atoms. The molecule has 0 unspecified atom stereocenters. The summed E-state index contributed by atoms with van der Waals surface area (Å²) >= 11 is 0. The SMILES string of the molecule is CCCn1ccnc(NCCCN2CCCC2)c1=O. The van der Waals surface area contributed by atoms with Gasteiger partial charge >= 0.3 is 0 Å². The molecule has 0 aliphatic carbocycles. The minimum atomic E-state index is -0.00878. The first-order valence-corrected chi connectivity index (χ1v) is 7.33. The predicted molar refractivity (Wildman–Crippen MR) is 77.6 cm³/mol. The third-order valence-electron chi connectivity index (χ3n) is 3.52. The molecule has 5 nitrogen and oxygen atoms in total. The molecule has 1 aliphatic rings. The summed E-state index contributed by atoms with van der Waals surface area (Å²) in [6, 6.07) is 0. The number of likely N-dealkylation sites (tertiary alicyclic amines) is 1. The van der Waals surface area contributed by atoms with Crippen LogP contribution in [0.2, 0.25) is 0 Å². The van der Waals surface area contributed by atoms with Gasteiger partial charge in [-0.05, 0) is 45.3 Å². The lowest BCUT2D eigenvalue weighted by Gasteiger charge is -2.14. The molecule has 0 spiro atoms. The fourth-order valence-electron chi connectivity index (χ4n) is 2.50. The smallest absolute Gasteiger partial charge is 0.293 e. The zero-order valence-corrected chi connectivity index (χ0v) is 11.8. The molecule has 0 radical (unpaired) electrons. The summed E-state index contributed by atoms with van der Waals surface area (Å²) in [6.45, 7) is 7.21. The topological polar surface area (TPSA) is 50.2 Å². The highest BCUT2D eigenvalue weighted by Gasteiger charge is 2.10. The maximum absolute atomic E-state index is 12.0. The van der Waals surface area contributed by atoms with E-state index >= 15 is 0 Å². The second kappa shape index (κ2) is 7.28. The second-order valence-corrected chi connectivity index (χ2v) is 5.10. The van der Waals surface area contributed by atoms with Gasteiger partial charge in [-0.2, -0.15) is 0 Å². The molecule has 1 aromatic heterocycles. The Morgan fingerprint density at radius 2 is 2.11 bits per heavy atom. The highest BCUT2D eigenvalue weighted by molar-refractivity contribution is 5.30. The van der Waals surface area contributed by atoms with E-state index in [0.29, 0.717) is 5.82 Å². The van der Waals surface area contributed by atoms with E-state index in [1.807, 2.05) is 0 Å². The first-order chi connectivity index (χ1) is 9.31. The average Bonchev–Trinajstić information content (AvgIpc) is 2.92. The van der Waals surface area contributed by atoms with Gasteiger partial charge < -0.3 is 14.8 Å². The van der Waals surface area contributed by atoms with E-state index in [4.69, 9.17) is 0 Å². The largest absolute Gasteiger partial charge is 0.365 e. The molecule has 1 N–H and O–H groups in total. The fourth-order valence-corrected chi connectivity index (χ4v) is 2.50. The summed E-state index contributed by atoms with van der Waals surface area (Å²) in [5.41, 5.74) is -0.00878. The van der Waals surface area contributed by atoms with Gasteiger partial charge in [-0.15, -0.1) is 0 Å². The zero-order valence-electron chi connectivity index (χ0n) is 11.8. The summed E-state index contributed by atoms with van der Waals surface area (Å²) in [5.74, 6) is 0.484. The van der Waals surface area contributed by atoms with Gasteiger partial charge in [0.05, 0.1) is 0 Å². The van der Waals surface area contributed by atoms with Crippen molar-refractivity contribution in [3.63, 3.8) is 0 Å². The molecular formula is C14H24N4O. The number of rotatable bonds is 7. The fraction of sp³-hybridized carbons (Fsp3) is 0.714. The molecular weight excluding hydrogens is 240 g/mol. The van der Waals surface area contributed by atoms with E-state index in [1.54, 1.807) is 17.0 Å². The van der Waals surface area contributed by atoms with Crippen LogP contribution in [0.25, 0.3) is 0 Å². The van der Waals surface area contributed by atoms with Gasteiger partial charge in [0.25, 0.3) is 5.56 Å². The van der Waals surface area contributed by atoms with Crippen molar-refractivity contribution in [2.75, 3.05) is 31.5 Å². The molecule has 2 rings (SSSR count). The van der Waals surface area contributed by atoms with Crippen LogP contribution in [0.15, 0.2) is 17.2 Å². The van der Waals surface area contributed by atoms with Crippen LogP contribution in [0.4, 0.5) is 5.82 Å². The molecule has 0 aromatic carbocycles. The van der Waals surface area contributed by atoms with E-state index in [-0.39, 0.29) is 5.56 Å². The van der Waals surface area contributed by atoms with Crippen molar-refractivity contribution in [2.45, 2.75) is 39.2 Å². The second-order valence-electron chi connectivity index (χ2n) is 5.10. The van der Waals surface area contributed by atoms with Gasteiger partial charge in [0.2, 0.25) is 0 Å². The summed E-state index contributed by atoms with van der Waals surface area (Å²) < 4.78 is 1.72. The minimum Gasteiger partial charge on any atom is -0.365 e. The third-order valence-corrected chi connectivity index (χ3v) is 3.52. The first-order valence-electron chi connectivity index (χ1n) is 7.33. The molecule has 5 heteroatoms. The van der Waals surface area contributed by atoms with Crippen LogP contribution in [0.5, 0.6) is 0 Å². The van der Waals surface area contributed by atoms with Gasteiger partial charge in [-0.3, -0.25) is 4.79 Å². The molecule has 1 saturated heterocycles. The molecule has 106 valence electrons. The zero-order chi connectivity index (χ0) is 13.5. The maximum atomic E-state index is 12.0. The van der Waals surface area contributed by atoms with Gasteiger partial charge in [0.1, 0.15) is 0 Å². The quantitative estimate of drug-likeness (QED) is 0.759. The van der Waals surface area contributed by atoms with Crippen molar-refractivity contribution < 1.29 is 0 Å². The van der Waals surface area contributed by atoms with Gasteiger partial charge in [-0.25, -0.2) is 4.98 Å². The number of hydrogen-bond donors (Lipinski definition) is 1. The highest BCUT2D eigenvalue weighted by atomic mass is 16.1. The number of nitrogens with zero attached hydrogens (tertiary/aromatic N) is 3. The van der Waals surface area contributed by atoms with Crippen LogP contribution in [-0.4, -0.2) is 40.6 Å². The van der Waals surface area contributed by atoms with Crippen LogP contribution in [0.3, 0.4) is 0 Å². The Bertz CT molecular complexity index is 437. The molecule has 0 amide bonds. The lowest BCUT2D eigenvalue weighted by atomic mass is 10.4. The standard InChI is InChI=1S/C14H24N4O/c1-2-8-18-12-7-16-13(14(18)19)15-6-5-11-17-9-3-4-10-17/h7,12H,2-6,8-11H2,1H3,(H,15,16). The molecule has 1 fully saturated rings. The van der Waals surface area contributed by atoms with Crippen LogP contribution in [-0.2, 0) is 6.54 Å². The van der Waals surface area contributed by atoms with Crippen molar-refractivity contribution in [3.8, 4) is 0 Å². The Labute approximate surface area is 114 Å². The Morgan fingerprint density at radius 1 is 1.32 bits per heavy atom. The summed E-state index contributed by atoms with van der Waals surface area (Å²) in [4.78, 5) is 18.7. The number of anilines is 1. The molecule has 1 aromatic rings. The van der Waals surface area contributed by atoms with Crippen LogP contribution < -0.4 is 10.9 Å². The third kappa shape index (κ3) is 4.06. The minimum absolute atomic E-state index is 0.00878. The maximum Gasteiger partial charge on any atom is 0.293 e. The predicted octanol–water partition coefficient (Wildman–Crippen LogP) is 1.55. The Kier molecular flexibility index (Phi) is 5.39. The van der Waals surface area contributed by atoms with Gasteiger partial charge in [0.15, 0.2) is 5.82 Å². The van der Waals surface area contributed by atoms with E-state index < -0.39 is 0 Å². The Hall–Kier alpha value is -1.36. The van der Waals surface area contributed by atoms with Crippen LogP contribution >= 0.6 is 0 Å². The molecule has 1 aliphatic heterocycles. The molecule has 0 saturated carbocycles. The first kappa shape index (κ1) is 14.1. The van der Waals surface area contributed by atoms with E-state index in [1.165, 1.54) is 25.9 Å². The number of hydrogen-bond acceptors (Lipinski definition) is 4. The van der Waals surface area contributed by atoms with E-state index in [2.05, 4.69) is 22.1 Å². The van der Waals surface area contributed by atoms with Crippen LogP contribution in [0, 0.1) is 0 Å². The lowest BCUT2D eigenvalue weighted by molar-refractivity contribution is 0.337. The van der Waals surface area contributed by atoms with Crippen LogP contribution in [0.1, 0.15) is 32.6 Å². The van der Waals surface area contributed by atoms with Gasteiger partial charge in [-0.1, -0.05) is 6.92 Å². The average molecular weight is 264 g/mol. The highest BCUT2D eigenvalue weighted by Crippen LogP contribution is 2.07. The van der Waals surface area contributed by atoms with Crippen molar-refractivity contribution in [2.24, 2.45) is 0 Å². The summed E-state index contributed by atoms with van der Waals surface area (Å²) in [6.07, 6.45) is 8.12. The van der Waals surface area contributed by atoms with E-state index in [0.717, 1.165) is 32.5 Å². The molecule has 2 heterocycles. The molecule has 0 atom stereocenters. The Balaban J connectivity index is 1.78. The number of aromatic nitrogens is 2. The Morgan fingerprint density at radius 3 is 2.84 bits per heavy atom. The summed E-state index contributed by atoms with van der Waals surface area (Å²) in [5, 5.41) is 3.16. The van der Waals surface area contributed by atoms with Gasteiger partial charge in [0, 0.05) is 25.5 Å². The summed E-state index contributed by atoms with van der Waals surface area (Å²) in [7, 11) is 0. The lowest BCUT2D eigenvalue weighted by Crippen LogP contribution is -2.26. The van der Waals surface area contributed by atoms with Crippen molar-refractivity contribution in [1.82, 2.24) is 14.5 Å².